The van der Waals surface area contributed by atoms with Crippen molar-refractivity contribution in [2.45, 2.75) is 39.8 Å². The maximum atomic E-state index is 12.8. The first-order valence-electron chi connectivity index (χ1n) is 11.5. The molecule has 1 amide bonds. The molecule has 7 heteroatoms. The van der Waals surface area contributed by atoms with Gasteiger partial charge in [0.2, 0.25) is 0 Å². The van der Waals surface area contributed by atoms with Crippen molar-refractivity contribution in [1.82, 2.24) is 10.3 Å². The van der Waals surface area contributed by atoms with E-state index in [9.17, 15) is 4.79 Å². The SMILES string of the molecule is CCCCOc1ccc(CNC(=O)c2ccc(OCc3cccnc3)c(OCC)c2)cc1OC. The van der Waals surface area contributed by atoms with Crippen LogP contribution in [-0.4, -0.2) is 31.2 Å². The van der Waals surface area contributed by atoms with E-state index in [1.165, 1.54) is 0 Å². The summed E-state index contributed by atoms with van der Waals surface area (Å²) in [5.41, 5.74) is 2.35. The Hall–Kier alpha value is -3.74. The van der Waals surface area contributed by atoms with Gasteiger partial charge in [-0.2, -0.15) is 0 Å². The summed E-state index contributed by atoms with van der Waals surface area (Å²) in [4.78, 5) is 16.9. The Balaban J connectivity index is 1.63. The number of hydrogen-bond acceptors (Lipinski definition) is 6. The highest BCUT2D eigenvalue weighted by atomic mass is 16.5. The zero-order valence-electron chi connectivity index (χ0n) is 20.0. The monoisotopic (exact) mass is 464 g/mol. The number of rotatable bonds is 13. The first-order valence-corrected chi connectivity index (χ1v) is 11.5. The molecule has 0 aliphatic heterocycles. The molecular formula is C27H32N2O5. The van der Waals surface area contributed by atoms with E-state index < -0.39 is 0 Å². The van der Waals surface area contributed by atoms with Crippen molar-refractivity contribution < 1.29 is 23.7 Å². The van der Waals surface area contributed by atoms with E-state index in [-0.39, 0.29) is 5.91 Å². The quantitative estimate of drug-likeness (QED) is 0.351. The van der Waals surface area contributed by atoms with Gasteiger partial charge >= 0.3 is 0 Å². The van der Waals surface area contributed by atoms with Crippen LogP contribution in [0.15, 0.2) is 60.9 Å². The summed E-state index contributed by atoms with van der Waals surface area (Å²) in [7, 11) is 1.61. The number of benzene rings is 2. The van der Waals surface area contributed by atoms with Crippen molar-refractivity contribution in [1.29, 1.82) is 0 Å². The average molecular weight is 465 g/mol. The summed E-state index contributed by atoms with van der Waals surface area (Å²) in [5.74, 6) is 2.24. The predicted octanol–water partition coefficient (Wildman–Crippen LogP) is 5.18. The van der Waals surface area contributed by atoms with Crippen LogP contribution in [0.4, 0.5) is 0 Å². The summed E-state index contributed by atoms with van der Waals surface area (Å²) in [6.07, 6.45) is 5.52. The van der Waals surface area contributed by atoms with Crippen LogP contribution in [0.3, 0.4) is 0 Å². The standard InChI is InChI=1S/C27H32N2O5/c1-4-6-14-33-23-11-9-20(15-25(23)31-3)18-29-27(30)22-10-12-24(26(16-22)32-5-2)34-19-21-8-7-13-28-17-21/h7-13,15-17H,4-6,14,18-19H2,1-3H3,(H,29,30). The third-order valence-corrected chi connectivity index (χ3v) is 5.06. The highest BCUT2D eigenvalue weighted by Gasteiger charge is 2.13. The molecule has 34 heavy (non-hydrogen) atoms. The molecule has 0 bridgehead atoms. The third kappa shape index (κ3) is 7.13. The molecule has 7 nitrogen and oxygen atoms in total. The highest BCUT2D eigenvalue weighted by molar-refractivity contribution is 5.94. The number of ether oxygens (including phenoxy) is 4. The van der Waals surface area contributed by atoms with Gasteiger partial charge in [-0.15, -0.1) is 0 Å². The topological polar surface area (TPSA) is 78.9 Å². The molecule has 0 atom stereocenters. The maximum Gasteiger partial charge on any atom is 0.251 e. The average Bonchev–Trinajstić information content (AvgIpc) is 2.87. The summed E-state index contributed by atoms with van der Waals surface area (Å²) in [5, 5.41) is 2.95. The van der Waals surface area contributed by atoms with Crippen LogP contribution in [0.25, 0.3) is 0 Å². The normalized spacial score (nSPS) is 10.4. The lowest BCUT2D eigenvalue weighted by Crippen LogP contribution is -2.22. The Morgan fingerprint density at radius 3 is 2.47 bits per heavy atom. The van der Waals surface area contributed by atoms with Crippen molar-refractivity contribution in [3.63, 3.8) is 0 Å². The van der Waals surface area contributed by atoms with Gasteiger partial charge in [0.15, 0.2) is 23.0 Å². The largest absolute Gasteiger partial charge is 0.493 e. The second-order valence-electron chi connectivity index (χ2n) is 7.61. The van der Waals surface area contributed by atoms with Gasteiger partial charge < -0.3 is 24.3 Å². The molecule has 2 aromatic carbocycles. The summed E-state index contributed by atoms with van der Waals surface area (Å²) < 4.78 is 22.8. The van der Waals surface area contributed by atoms with Crippen LogP contribution in [0, 0.1) is 0 Å². The molecule has 0 saturated heterocycles. The van der Waals surface area contributed by atoms with Gasteiger partial charge in [-0.3, -0.25) is 9.78 Å². The van der Waals surface area contributed by atoms with Gasteiger partial charge in [0.1, 0.15) is 6.61 Å². The number of nitrogens with zero attached hydrogens (tertiary/aromatic N) is 1. The molecule has 0 spiro atoms. The van der Waals surface area contributed by atoms with Crippen LogP contribution in [0.2, 0.25) is 0 Å². The molecule has 1 heterocycles. The number of aromatic nitrogens is 1. The van der Waals surface area contributed by atoms with Gasteiger partial charge in [-0.1, -0.05) is 25.5 Å². The number of amides is 1. The fourth-order valence-corrected chi connectivity index (χ4v) is 3.23. The minimum absolute atomic E-state index is 0.206. The van der Waals surface area contributed by atoms with E-state index >= 15 is 0 Å². The molecule has 0 fully saturated rings. The number of hydrogen-bond donors (Lipinski definition) is 1. The molecule has 0 saturated carbocycles. The number of carbonyl (C=O) groups is 1. The zero-order valence-corrected chi connectivity index (χ0v) is 20.0. The molecule has 1 aromatic heterocycles. The van der Waals surface area contributed by atoms with Crippen LogP contribution < -0.4 is 24.3 Å². The molecule has 1 N–H and O–H groups in total. The fraction of sp³-hybridized carbons (Fsp3) is 0.333. The van der Waals surface area contributed by atoms with Gasteiger partial charge in [-0.05, 0) is 55.3 Å². The van der Waals surface area contributed by atoms with Gasteiger partial charge in [-0.25, -0.2) is 0 Å². The van der Waals surface area contributed by atoms with E-state index in [4.69, 9.17) is 18.9 Å². The fourth-order valence-electron chi connectivity index (χ4n) is 3.23. The summed E-state index contributed by atoms with van der Waals surface area (Å²) in [6.45, 7) is 5.83. The maximum absolute atomic E-state index is 12.8. The highest BCUT2D eigenvalue weighted by Crippen LogP contribution is 2.30. The molecule has 0 radical (unpaired) electrons. The molecule has 0 aliphatic rings. The van der Waals surface area contributed by atoms with Crippen LogP contribution in [-0.2, 0) is 13.2 Å². The number of unbranched alkanes of at least 4 members (excludes halogenated alkanes) is 1. The third-order valence-electron chi connectivity index (χ3n) is 5.06. The Kier molecular flexibility index (Phi) is 9.58. The lowest BCUT2D eigenvalue weighted by Gasteiger charge is -2.14. The van der Waals surface area contributed by atoms with Crippen molar-refractivity contribution in [3.05, 3.63) is 77.6 Å². The minimum Gasteiger partial charge on any atom is -0.493 e. The van der Waals surface area contributed by atoms with Crippen molar-refractivity contribution in [2.75, 3.05) is 20.3 Å². The van der Waals surface area contributed by atoms with Crippen LogP contribution in [0.5, 0.6) is 23.0 Å². The van der Waals surface area contributed by atoms with E-state index in [0.29, 0.717) is 54.9 Å². The number of nitrogens with one attached hydrogen (secondary N) is 1. The minimum atomic E-state index is -0.206. The van der Waals surface area contributed by atoms with E-state index in [1.54, 1.807) is 37.7 Å². The van der Waals surface area contributed by atoms with Crippen LogP contribution >= 0.6 is 0 Å². The van der Waals surface area contributed by atoms with Gasteiger partial charge in [0, 0.05) is 30.1 Å². The molecule has 3 aromatic rings. The molecular weight excluding hydrogens is 432 g/mol. The Bertz CT molecular complexity index is 1060. The predicted molar refractivity (Wildman–Crippen MR) is 131 cm³/mol. The Morgan fingerprint density at radius 2 is 1.74 bits per heavy atom. The van der Waals surface area contributed by atoms with Crippen molar-refractivity contribution >= 4 is 5.91 Å². The number of pyridine rings is 1. The molecule has 3 rings (SSSR count). The van der Waals surface area contributed by atoms with E-state index in [1.807, 2.05) is 37.3 Å². The lowest BCUT2D eigenvalue weighted by atomic mass is 10.1. The lowest BCUT2D eigenvalue weighted by molar-refractivity contribution is 0.0950. The molecule has 180 valence electrons. The summed E-state index contributed by atoms with van der Waals surface area (Å²) in [6, 6.07) is 14.6. The van der Waals surface area contributed by atoms with Gasteiger partial charge in [0.05, 0.1) is 20.3 Å². The molecule has 0 unspecified atom stereocenters. The molecule has 0 aliphatic carbocycles. The van der Waals surface area contributed by atoms with E-state index in [0.717, 1.165) is 24.0 Å². The first-order chi connectivity index (χ1) is 16.6. The number of methoxy groups -OCH3 is 1. The van der Waals surface area contributed by atoms with Crippen LogP contribution in [0.1, 0.15) is 48.2 Å². The zero-order chi connectivity index (χ0) is 24.2. The summed E-state index contributed by atoms with van der Waals surface area (Å²) >= 11 is 0. The number of carbonyl (C=O) groups excluding carboxylic acids is 1. The smallest absolute Gasteiger partial charge is 0.251 e. The Morgan fingerprint density at radius 1 is 0.912 bits per heavy atom. The second kappa shape index (κ2) is 13.1. The van der Waals surface area contributed by atoms with Gasteiger partial charge in [0.25, 0.3) is 5.91 Å². The Labute approximate surface area is 201 Å². The van der Waals surface area contributed by atoms with Crippen molar-refractivity contribution in [2.24, 2.45) is 0 Å². The van der Waals surface area contributed by atoms with Crippen molar-refractivity contribution in [3.8, 4) is 23.0 Å². The van der Waals surface area contributed by atoms with E-state index in [2.05, 4.69) is 17.2 Å². The second-order valence-corrected chi connectivity index (χ2v) is 7.61. The first kappa shape index (κ1) is 24.9.